The summed E-state index contributed by atoms with van der Waals surface area (Å²) in [5.74, 6) is -1.78. The van der Waals surface area contributed by atoms with Crippen molar-refractivity contribution in [1.29, 1.82) is 0 Å². The van der Waals surface area contributed by atoms with Crippen LogP contribution in [0.2, 0.25) is 5.15 Å². The van der Waals surface area contributed by atoms with Gasteiger partial charge in [-0.1, -0.05) is 24.6 Å². The minimum absolute atomic E-state index is 0.222. The Morgan fingerprint density at radius 3 is 2.86 bits per heavy atom. The molecule has 3 rings (SSSR count). The predicted molar refractivity (Wildman–Crippen MR) is 74.7 cm³/mol. The van der Waals surface area contributed by atoms with Crippen LogP contribution in [0.1, 0.15) is 33.2 Å². The molecular formula is C14H16ClFN2O3. The molecule has 0 saturated carbocycles. The van der Waals surface area contributed by atoms with Crippen molar-refractivity contribution >= 4 is 11.6 Å². The van der Waals surface area contributed by atoms with Crippen LogP contribution in [0.15, 0.2) is 22.8 Å². The third-order valence-corrected chi connectivity index (χ3v) is 4.11. The van der Waals surface area contributed by atoms with E-state index in [4.69, 9.17) is 21.1 Å². The van der Waals surface area contributed by atoms with E-state index in [0.717, 1.165) is 12.0 Å². The van der Waals surface area contributed by atoms with Gasteiger partial charge in [0.2, 0.25) is 5.82 Å². The van der Waals surface area contributed by atoms with Crippen molar-refractivity contribution in [3.63, 3.8) is 0 Å². The predicted octanol–water partition coefficient (Wildman–Crippen LogP) is 2.45. The molecule has 0 unspecified atom stereocenters. The van der Waals surface area contributed by atoms with E-state index in [2.05, 4.69) is 4.98 Å². The smallest absolute Gasteiger partial charge is 0.291 e. The first-order chi connectivity index (χ1) is 9.84. The van der Waals surface area contributed by atoms with Gasteiger partial charge in [-0.25, -0.2) is 4.98 Å². The minimum Gasteiger partial charge on any atom is -0.342 e. The molecule has 0 spiro atoms. The van der Waals surface area contributed by atoms with Gasteiger partial charge in [-0.2, -0.15) is 4.39 Å². The van der Waals surface area contributed by atoms with E-state index < -0.39 is 28.4 Å². The second-order valence-electron chi connectivity index (χ2n) is 5.67. The van der Waals surface area contributed by atoms with E-state index in [9.17, 15) is 9.18 Å². The van der Waals surface area contributed by atoms with Crippen molar-refractivity contribution in [1.82, 2.24) is 9.55 Å². The zero-order valence-corrected chi connectivity index (χ0v) is 12.7. The molecule has 21 heavy (non-hydrogen) atoms. The van der Waals surface area contributed by atoms with Crippen LogP contribution in [-0.2, 0) is 9.47 Å². The molecule has 2 heterocycles. The molecule has 1 aliphatic heterocycles. The van der Waals surface area contributed by atoms with Crippen molar-refractivity contribution in [2.45, 2.75) is 51.2 Å². The Kier molecular flexibility index (Phi) is 3.43. The first-order valence-corrected chi connectivity index (χ1v) is 7.20. The summed E-state index contributed by atoms with van der Waals surface area (Å²) in [6.07, 6.45) is 3.32. The Balaban J connectivity index is 2.05. The van der Waals surface area contributed by atoms with Gasteiger partial charge in [0.15, 0.2) is 10.9 Å². The van der Waals surface area contributed by atoms with Gasteiger partial charge in [0.25, 0.3) is 5.56 Å². The Morgan fingerprint density at radius 1 is 1.48 bits per heavy atom. The maximum atomic E-state index is 13.7. The first kappa shape index (κ1) is 14.7. The number of halogens is 2. The molecule has 1 aromatic rings. The van der Waals surface area contributed by atoms with Crippen molar-refractivity contribution < 1.29 is 13.9 Å². The summed E-state index contributed by atoms with van der Waals surface area (Å²) < 4.78 is 26.7. The summed E-state index contributed by atoms with van der Waals surface area (Å²) in [4.78, 5) is 15.8. The molecule has 5 nitrogen and oxygen atoms in total. The lowest BCUT2D eigenvalue weighted by atomic mass is 10.1. The normalized spacial score (nSPS) is 30.3. The fourth-order valence-electron chi connectivity index (χ4n) is 2.93. The molecular weight excluding hydrogens is 299 g/mol. The molecule has 1 aliphatic carbocycles. The second-order valence-corrected chi connectivity index (χ2v) is 6.03. The number of rotatable bonds is 2. The third-order valence-electron chi connectivity index (χ3n) is 3.84. The van der Waals surface area contributed by atoms with Crippen LogP contribution in [0.3, 0.4) is 0 Å². The Morgan fingerprint density at radius 2 is 2.19 bits per heavy atom. The van der Waals surface area contributed by atoms with Gasteiger partial charge in [0.1, 0.15) is 18.5 Å². The third kappa shape index (κ3) is 2.31. The van der Waals surface area contributed by atoms with Crippen LogP contribution < -0.4 is 5.56 Å². The van der Waals surface area contributed by atoms with Crippen molar-refractivity contribution in [3.8, 4) is 0 Å². The number of hydrogen-bond acceptors (Lipinski definition) is 4. The lowest BCUT2D eigenvalue weighted by Crippen LogP contribution is -2.35. The lowest BCUT2D eigenvalue weighted by molar-refractivity contribution is -0.148. The summed E-state index contributed by atoms with van der Waals surface area (Å²) in [5, 5.41) is -0.422. The second kappa shape index (κ2) is 4.90. The summed E-state index contributed by atoms with van der Waals surface area (Å²) in [6, 6.07) is -0.446. The quantitative estimate of drug-likeness (QED) is 0.621. The average Bonchev–Trinajstić information content (AvgIpc) is 2.90. The van der Waals surface area contributed by atoms with Crippen LogP contribution in [0.25, 0.3) is 0 Å². The number of nitrogens with zero attached hydrogens (tertiary/aromatic N) is 2. The highest BCUT2D eigenvalue weighted by atomic mass is 35.5. The topological polar surface area (TPSA) is 53.4 Å². The fourth-order valence-corrected chi connectivity index (χ4v) is 3.05. The molecule has 1 fully saturated rings. The maximum absolute atomic E-state index is 13.7. The zero-order valence-electron chi connectivity index (χ0n) is 12.0. The molecule has 0 N–H and O–H groups in total. The molecule has 1 aromatic heterocycles. The van der Waals surface area contributed by atoms with Gasteiger partial charge < -0.3 is 9.47 Å². The summed E-state index contributed by atoms with van der Waals surface area (Å²) in [5.41, 5.74) is 0.235. The molecule has 0 radical (unpaired) electrons. The van der Waals surface area contributed by atoms with Gasteiger partial charge in [0.05, 0.1) is 6.04 Å². The van der Waals surface area contributed by atoms with Gasteiger partial charge >= 0.3 is 0 Å². The Hall–Kier alpha value is -1.24. The van der Waals surface area contributed by atoms with Crippen LogP contribution in [0.5, 0.6) is 0 Å². The van der Waals surface area contributed by atoms with E-state index in [0.29, 0.717) is 0 Å². The minimum atomic E-state index is -1.05. The van der Waals surface area contributed by atoms with Crippen molar-refractivity contribution in [2.24, 2.45) is 0 Å². The number of ether oxygens (including phenoxy) is 2. The van der Waals surface area contributed by atoms with E-state index in [1.807, 2.05) is 26.8 Å². The average molecular weight is 315 g/mol. The van der Waals surface area contributed by atoms with Gasteiger partial charge in [-0.3, -0.25) is 9.36 Å². The van der Waals surface area contributed by atoms with Gasteiger partial charge in [0, 0.05) is 0 Å². The molecule has 1 saturated heterocycles. The number of hydrogen-bond donors (Lipinski definition) is 0. The molecule has 7 heteroatoms. The monoisotopic (exact) mass is 314 g/mol. The van der Waals surface area contributed by atoms with E-state index in [1.165, 1.54) is 10.9 Å². The van der Waals surface area contributed by atoms with E-state index >= 15 is 0 Å². The first-order valence-electron chi connectivity index (χ1n) is 6.82. The molecule has 114 valence electrons. The Bertz CT molecular complexity index is 671. The lowest BCUT2D eigenvalue weighted by Gasteiger charge is -2.22. The summed E-state index contributed by atoms with van der Waals surface area (Å²) in [6.45, 7) is 5.64. The van der Waals surface area contributed by atoms with Gasteiger partial charge in [-0.15, -0.1) is 0 Å². The molecule has 3 atom stereocenters. The summed E-state index contributed by atoms with van der Waals surface area (Å²) >= 11 is 5.53. The maximum Gasteiger partial charge on any atom is 0.291 e. The van der Waals surface area contributed by atoms with Crippen LogP contribution in [0.4, 0.5) is 4.39 Å². The van der Waals surface area contributed by atoms with Gasteiger partial charge in [-0.05, 0) is 25.8 Å². The molecule has 2 aliphatic rings. The SMILES string of the molecule is CCC1=C[C@@H](n2cnc(Cl)c(F)c2=O)[C@@H]2OC(C)(C)O[C@H]12. The standard InChI is InChI=1S/C14H16ClFN2O3/c1-4-7-5-8(11-10(7)20-14(2,3)21-11)18-6-17-12(15)9(16)13(18)19/h5-6,8,10-11H,4H2,1-3H3/t8-,10-,11+/m1/s1. The zero-order chi connectivity index (χ0) is 15.4. The Labute approximate surface area is 126 Å². The largest absolute Gasteiger partial charge is 0.342 e. The van der Waals surface area contributed by atoms with Crippen molar-refractivity contribution in [2.75, 3.05) is 0 Å². The number of fused-ring (bicyclic) bond motifs is 1. The highest BCUT2D eigenvalue weighted by Gasteiger charge is 2.50. The van der Waals surface area contributed by atoms with E-state index in [1.54, 1.807) is 0 Å². The molecule has 0 bridgehead atoms. The van der Waals surface area contributed by atoms with Crippen LogP contribution in [0, 0.1) is 5.82 Å². The summed E-state index contributed by atoms with van der Waals surface area (Å²) in [7, 11) is 0. The number of aromatic nitrogens is 2. The van der Waals surface area contributed by atoms with Crippen LogP contribution >= 0.6 is 11.6 Å². The van der Waals surface area contributed by atoms with Crippen LogP contribution in [-0.4, -0.2) is 27.5 Å². The van der Waals surface area contributed by atoms with E-state index in [-0.39, 0.29) is 12.2 Å². The highest BCUT2D eigenvalue weighted by Crippen LogP contribution is 2.43. The highest BCUT2D eigenvalue weighted by molar-refractivity contribution is 6.29. The molecule has 0 aromatic carbocycles. The van der Waals surface area contributed by atoms with Crippen molar-refractivity contribution in [3.05, 3.63) is 39.3 Å². The fraction of sp³-hybridized carbons (Fsp3) is 0.571. The molecule has 0 amide bonds.